The molecule has 2 aromatic carbocycles. The van der Waals surface area contributed by atoms with Crippen molar-refractivity contribution in [3.8, 4) is 22.8 Å². The van der Waals surface area contributed by atoms with E-state index in [1.54, 1.807) is 14.2 Å². The minimum Gasteiger partial charge on any atom is -0.493 e. The summed E-state index contributed by atoms with van der Waals surface area (Å²) in [6.45, 7) is 4.73. The molecule has 0 spiro atoms. The van der Waals surface area contributed by atoms with E-state index in [9.17, 15) is 0 Å². The van der Waals surface area contributed by atoms with Gasteiger partial charge in [0.1, 0.15) is 0 Å². The summed E-state index contributed by atoms with van der Waals surface area (Å²) in [5, 5.41) is 1.33. The monoisotopic (exact) mass is 473 g/mol. The second kappa shape index (κ2) is 9.18. The average molecular weight is 474 g/mol. The molecule has 5 heteroatoms. The van der Waals surface area contributed by atoms with Crippen molar-refractivity contribution in [2.75, 3.05) is 34.4 Å². The third kappa shape index (κ3) is 4.03. The number of nitrogens with zero attached hydrogens (tertiary/aromatic N) is 2. The molecule has 3 aliphatic rings. The molecule has 3 aromatic rings. The van der Waals surface area contributed by atoms with Gasteiger partial charge < -0.3 is 24.3 Å². The Morgan fingerprint density at radius 3 is 2.23 bits per heavy atom. The third-order valence-corrected chi connectivity index (χ3v) is 9.35. The highest BCUT2D eigenvalue weighted by Crippen LogP contribution is 2.40. The molecule has 2 bridgehead atoms. The number of likely N-dealkylation sites (tertiary alicyclic amines) is 1. The minimum absolute atomic E-state index is 0.664. The number of piperidine rings is 2. The first-order chi connectivity index (χ1) is 17.1. The molecule has 3 aliphatic heterocycles. The van der Waals surface area contributed by atoms with Crippen molar-refractivity contribution in [3.63, 3.8) is 0 Å². The second-order valence-corrected chi connectivity index (χ2v) is 11.0. The molecule has 0 aliphatic carbocycles. The van der Waals surface area contributed by atoms with Gasteiger partial charge in [-0.15, -0.1) is 0 Å². The Balaban J connectivity index is 1.19. The number of hydrogen-bond donors (Lipinski definition) is 1. The van der Waals surface area contributed by atoms with Crippen LogP contribution in [0.2, 0.25) is 0 Å². The van der Waals surface area contributed by atoms with Crippen LogP contribution in [0.3, 0.4) is 0 Å². The van der Waals surface area contributed by atoms with Gasteiger partial charge in [-0.05, 0) is 113 Å². The largest absolute Gasteiger partial charge is 0.493 e. The number of methoxy groups -OCH3 is 2. The summed E-state index contributed by atoms with van der Waals surface area (Å²) >= 11 is 0. The summed E-state index contributed by atoms with van der Waals surface area (Å²) < 4.78 is 11.0. The fourth-order valence-electron chi connectivity index (χ4n) is 7.16. The smallest absolute Gasteiger partial charge is 0.161 e. The van der Waals surface area contributed by atoms with Crippen LogP contribution in [0, 0.1) is 6.92 Å². The van der Waals surface area contributed by atoms with Crippen LogP contribution in [-0.4, -0.2) is 67.3 Å². The zero-order valence-corrected chi connectivity index (χ0v) is 21.6. The maximum Gasteiger partial charge on any atom is 0.161 e. The molecule has 0 radical (unpaired) electrons. The van der Waals surface area contributed by atoms with Gasteiger partial charge in [0.25, 0.3) is 0 Å². The van der Waals surface area contributed by atoms with Crippen molar-refractivity contribution in [2.24, 2.45) is 0 Å². The van der Waals surface area contributed by atoms with Gasteiger partial charge in [0.15, 0.2) is 11.5 Å². The minimum atomic E-state index is 0.664. The predicted molar refractivity (Wildman–Crippen MR) is 143 cm³/mol. The van der Waals surface area contributed by atoms with Crippen LogP contribution in [0.1, 0.15) is 55.6 Å². The molecular weight excluding hydrogens is 434 g/mol. The Labute approximate surface area is 209 Å². The van der Waals surface area contributed by atoms with Crippen LogP contribution in [0.5, 0.6) is 11.5 Å². The lowest BCUT2D eigenvalue weighted by molar-refractivity contribution is 0.0601. The quantitative estimate of drug-likeness (QED) is 0.496. The van der Waals surface area contributed by atoms with Gasteiger partial charge >= 0.3 is 0 Å². The van der Waals surface area contributed by atoms with Gasteiger partial charge in [0.2, 0.25) is 0 Å². The maximum absolute atomic E-state index is 5.54. The van der Waals surface area contributed by atoms with E-state index in [-0.39, 0.29) is 0 Å². The Morgan fingerprint density at radius 2 is 1.54 bits per heavy atom. The van der Waals surface area contributed by atoms with Crippen molar-refractivity contribution in [3.05, 3.63) is 47.5 Å². The SMILES string of the molecule is COc1ccc(-c2[nH]c3ccc(C4CCN(C5C[C@H]6CC[C@@H](C5)N6C)CC4)cc3c2C)cc1OC. The van der Waals surface area contributed by atoms with Crippen LogP contribution >= 0.6 is 0 Å². The Kier molecular flexibility index (Phi) is 6.01. The van der Waals surface area contributed by atoms with Crippen LogP contribution in [0.25, 0.3) is 22.2 Å². The number of rotatable bonds is 5. The fourth-order valence-corrected chi connectivity index (χ4v) is 7.16. The summed E-state index contributed by atoms with van der Waals surface area (Å²) in [6.07, 6.45) is 8.14. The first-order valence-corrected chi connectivity index (χ1v) is 13.4. The molecule has 3 atom stereocenters. The zero-order valence-electron chi connectivity index (χ0n) is 21.6. The number of fused-ring (bicyclic) bond motifs is 3. The first-order valence-electron chi connectivity index (χ1n) is 13.4. The van der Waals surface area contributed by atoms with Crippen LogP contribution in [-0.2, 0) is 0 Å². The van der Waals surface area contributed by atoms with Gasteiger partial charge in [-0.1, -0.05) is 6.07 Å². The molecule has 1 N–H and O–H groups in total. The molecular formula is C30H39N3O2. The van der Waals surface area contributed by atoms with Crippen LogP contribution < -0.4 is 9.47 Å². The average Bonchev–Trinajstić information content (AvgIpc) is 3.31. The maximum atomic E-state index is 5.54. The van der Waals surface area contributed by atoms with E-state index >= 15 is 0 Å². The Bertz CT molecular complexity index is 1200. The Hall–Kier alpha value is -2.50. The molecule has 1 aromatic heterocycles. The van der Waals surface area contributed by atoms with Gasteiger partial charge in [0, 0.05) is 40.3 Å². The van der Waals surface area contributed by atoms with E-state index in [4.69, 9.17) is 9.47 Å². The predicted octanol–water partition coefficient (Wildman–Crippen LogP) is 5.97. The first kappa shape index (κ1) is 22.9. The topological polar surface area (TPSA) is 40.7 Å². The van der Waals surface area contributed by atoms with Gasteiger partial charge in [-0.3, -0.25) is 0 Å². The highest BCUT2D eigenvalue weighted by Gasteiger charge is 2.41. The zero-order chi connectivity index (χ0) is 24.1. The number of H-pyrrole nitrogens is 1. The molecule has 3 fully saturated rings. The van der Waals surface area contributed by atoms with E-state index in [1.807, 2.05) is 6.07 Å². The number of aromatic nitrogens is 1. The summed E-state index contributed by atoms with van der Waals surface area (Å²) in [7, 11) is 5.71. The lowest BCUT2D eigenvalue weighted by Gasteiger charge is -2.44. The van der Waals surface area contributed by atoms with E-state index in [0.717, 1.165) is 40.9 Å². The molecule has 3 saturated heterocycles. The normalized spacial score (nSPS) is 25.9. The van der Waals surface area contributed by atoms with Crippen molar-refractivity contribution in [1.82, 2.24) is 14.8 Å². The summed E-state index contributed by atoms with van der Waals surface area (Å²) in [6, 6.07) is 15.7. The van der Waals surface area contributed by atoms with Crippen molar-refractivity contribution >= 4 is 10.9 Å². The van der Waals surface area contributed by atoms with Crippen molar-refractivity contribution < 1.29 is 9.47 Å². The van der Waals surface area contributed by atoms with E-state index in [2.05, 4.69) is 59.1 Å². The highest BCUT2D eigenvalue weighted by molar-refractivity contribution is 5.91. The van der Waals surface area contributed by atoms with Gasteiger partial charge in [-0.25, -0.2) is 0 Å². The molecule has 6 rings (SSSR count). The van der Waals surface area contributed by atoms with Gasteiger partial charge in [0.05, 0.1) is 14.2 Å². The third-order valence-electron chi connectivity index (χ3n) is 9.35. The van der Waals surface area contributed by atoms with Gasteiger partial charge in [-0.2, -0.15) is 0 Å². The highest BCUT2D eigenvalue weighted by atomic mass is 16.5. The van der Waals surface area contributed by atoms with Crippen molar-refractivity contribution in [2.45, 2.75) is 69.5 Å². The standard InChI is InChI=1S/C30H39N3O2/c1-19-26-15-21(5-9-27(26)31-30(19)22-6-10-28(34-3)29(16-22)35-4)20-11-13-33(14-12-20)25-17-23-7-8-24(18-25)32(23)2/h5-6,9-10,15-16,20,23-25,31H,7-8,11-14,17-18H2,1-4H3/t23-,24+,25?. The lowest BCUT2D eigenvalue weighted by atomic mass is 9.86. The van der Waals surface area contributed by atoms with Crippen molar-refractivity contribution in [1.29, 1.82) is 0 Å². The molecule has 0 saturated carbocycles. The molecule has 0 amide bonds. The summed E-state index contributed by atoms with van der Waals surface area (Å²) in [4.78, 5) is 9.14. The molecule has 5 nitrogen and oxygen atoms in total. The fraction of sp³-hybridized carbons (Fsp3) is 0.533. The molecule has 1 unspecified atom stereocenters. The molecule has 4 heterocycles. The molecule has 35 heavy (non-hydrogen) atoms. The Morgan fingerprint density at radius 1 is 0.829 bits per heavy atom. The summed E-state index contributed by atoms with van der Waals surface area (Å²) in [5.41, 5.74) is 6.29. The second-order valence-electron chi connectivity index (χ2n) is 11.0. The number of aryl methyl sites for hydroxylation is 1. The van der Waals surface area contributed by atoms with Crippen LogP contribution in [0.15, 0.2) is 36.4 Å². The van der Waals surface area contributed by atoms with Crippen LogP contribution in [0.4, 0.5) is 0 Å². The summed E-state index contributed by atoms with van der Waals surface area (Å²) in [5.74, 6) is 2.18. The number of benzene rings is 2. The number of aromatic amines is 1. The number of hydrogen-bond acceptors (Lipinski definition) is 4. The van der Waals surface area contributed by atoms with E-state index in [1.165, 1.54) is 73.6 Å². The van der Waals surface area contributed by atoms with E-state index < -0.39 is 0 Å². The number of ether oxygens (including phenoxy) is 2. The van der Waals surface area contributed by atoms with E-state index in [0.29, 0.717) is 5.92 Å². The molecule has 186 valence electrons. The lowest BCUT2D eigenvalue weighted by Crippen LogP contribution is -2.50. The number of nitrogens with one attached hydrogen (secondary N) is 1.